The summed E-state index contributed by atoms with van der Waals surface area (Å²) in [7, 11) is 0. The van der Waals surface area contributed by atoms with E-state index in [1.165, 1.54) is 83.5 Å². The van der Waals surface area contributed by atoms with Gasteiger partial charge < -0.3 is 4.74 Å². The van der Waals surface area contributed by atoms with E-state index in [4.69, 9.17) is 4.74 Å². The summed E-state index contributed by atoms with van der Waals surface area (Å²) in [5.74, 6) is 0.921. The summed E-state index contributed by atoms with van der Waals surface area (Å²) in [5.41, 5.74) is 0. The molecule has 0 N–H and O–H groups in total. The van der Waals surface area contributed by atoms with Crippen LogP contribution in [0.4, 0.5) is 0 Å². The summed E-state index contributed by atoms with van der Waals surface area (Å²) in [6, 6.07) is 0. The fourth-order valence-electron chi connectivity index (χ4n) is 3.66. The van der Waals surface area contributed by atoms with Gasteiger partial charge in [0.25, 0.3) is 0 Å². The SMILES string of the molecule is CCCCCCC(CCCCCC)CCCCCC(=O)OCCCCCBr. The van der Waals surface area contributed by atoms with E-state index in [0.29, 0.717) is 13.0 Å². The Kier molecular flexibility index (Phi) is 22.2. The predicted molar refractivity (Wildman–Crippen MR) is 123 cm³/mol. The third kappa shape index (κ3) is 20.5. The van der Waals surface area contributed by atoms with Gasteiger partial charge in [-0.05, 0) is 31.6 Å². The van der Waals surface area contributed by atoms with Gasteiger partial charge in [-0.15, -0.1) is 0 Å². The van der Waals surface area contributed by atoms with Crippen molar-refractivity contribution in [1.29, 1.82) is 0 Å². The first-order chi connectivity index (χ1) is 13.2. The summed E-state index contributed by atoms with van der Waals surface area (Å²) in [4.78, 5) is 11.7. The van der Waals surface area contributed by atoms with Crippen LogP contribution in [0.1, 0.15) is 129 Å². The zero-order valence-corrected chi connectivity index (χ0v) is 20.0. The van der Waals surface area contributed by atoms with Crippen LogP contribution in [0.15, 0.2) is 0 Å². The summed E-state index contributed by atoms with van der Waals surface area (Å²) in [6.07, 6.45) is 22.6. The van der Waals surface area contributed by atoms with Gasteiger partial charge in [0, 0.05) is 11.8 Å². The number of halogens is 1. The first-order valence-electron chi connectivity index (χ1n) is 12.0. The number of alkyl halides is 1. The molecule has 0 aliphatic heterocycles. The molecule has 0 saturated carbocycles. The van der Waals surface area contributed by atoms with Crippen molar-refractivity contribution < 1.29 is 9.53 Å². The Bertz CT molecular complexity index is 295. The number of ether oxygens (including phenoxy) is 1. The van der Waals surface area contributed by atoms with E-state index in [1.54, 1.807) is 0 Å². The Labute approximate surface area is 178 Å². The standard InChI is InChI=1S/C24H47BrO2/c1-3-5-7-11-17-23(18-12-8-6-4-2)19-13-9-14-20-24(26)27-22-16-10-15-21-25/h23H,3-22H2,1-2H3. The van der Waals surface area contributed by atoms with Gasteiger partial charge in [-0.2, -0.15) is 0 Å². The predicted octanol–water partition coefficient (Wildman–Crippen LogP) is 8.60. The van der Waals surface area contributed by atoms with Crippen molar-refractivity contribution in [3.8, 4) is 0 Å². The highest BCUT2D eigenvalue weighted by Crippen LogP contribution is 2.24. The Morgan fingerprint density at radius 1 is 0.704 bits per heavy atom. The highest BCUT2D eigenvalue weighted by Gasteiger charge is 2.09. The Balaban J connectivity index is 3.74. The number of rotatable bonds is 21. The molecular weight excluding hydrogens is 400 g/mol. The Morgan fingerprint density at radius 3 is 1.74 bits per heavy atom. The molecule has 0 rings (SSSR count). The van der Waals surface area contributed by atoms with Gasteiger partial charge in [-0.1, -0.05) is 113 Å². The van der Waals surface area contributed by atoms with Crippen LogP contribution in [0, 0.1) is 5.92 Å². The zero-order valence-electron chi connectivity index (χ0n) is 18.4. The third-order valence-electron chi connectivity index (χ3n) is 5.47. The number of unbranched alkanes of at least 4 members (excludes halogenated alkanes) is 10. The van der Waals surface area contributed by atoms with Crippen LogP contribution in [0.2, 0.25) is 0 Å². The lowest BCUT2D eigenvalue weighted by Gasteiger charge is -2.17. The molecule has 0 amide bonds. The molecule has 162 valence electrons. The minimum absolute atomic E-state index is 0.00419. The molecule has 0 aliphatic carbocycles. The van der Waals surface area contributed by atoms with E-state index in [2.05, 4.69) is 29.8 Å². The minimum Gasteiger partial charge on any atom is -0.466 e. The fourth-order valence-corrected chi connectivity index (χ4v) is 4.06. The van der Waals surface area contributed by atoms with Crippen LogP contribution < -0.4 is 0 Å². The molecule has 0 atom stereocenters. The van der Waals surface area contributed by atoms with Crippen molar-refractivity contribution in [2.75, 3.05) is 11.9 Å². The zero-order chi connectivity index (χ0) is 20.0. The van der Waals surface area contributed by atoms with Crippen molar-refractivity contribution in [3.05, 3.63) is 0 Å². The van der Waals surface area contributed by atoms with Crippen LogP contribution in [0.25, 0.3) is 0 Å². The van der Waals surface area contributed by atoms with Gasteiger partial charge in [0.2, 0.25) is 0 Å². The van der Waals surface area contributed by atoms with Gasteiger partial charge in [-0.25, -0.2) is 0 Å². The number of hydrogen-bond donors (Lipinski definition) is 0. The van der Waals surface area contributed by atoms with E-state index in [1.807, 2.05) is 0 Å². The Morgan fingerprint density at radius 2 is 1.22 bits per heavy atom. The third-order valence-corrected chi connectivity index (χ3v) is 6.03. The maximum Gasteiger partial charge on any atom is 0.305 e. The second-order valence-electron chi connectivity index (χ2n) is 8.13. The monoisotopic (exact) mass is 446 g/mol. The van der Waals surface area contributed by atoms with Gasteiger partial charge >= 0.3 is 5.97 Å². The van der Waals surface area contributed by atoms with Gasteiger partial charge in [-0.3, -0.25) is 4.79 Å². The molecule has 27 heavy (non-hydrogen) atoms. The van der Waals surface area contributed by atoms with E-state index >= 15 is 0 Å². The molecule has 0 aromatic rings. The number of carbonyl (C=O) groups is 1. The van der Waals surface area contributed by atoms with E-state index in [9.17, 15) is 4.79 Å². The van der Waals surface area contributed by atoms with E-state index < -0.39 is 0 Å². The van der Waals surface area contributed by atoms with Crippen molar-refractivity contribution in [3.63, 3.8) is 0 Å². The van der Waals surface area contributed by atoms with Crippen LogP contribution in [-0.4, -0.2) is 17.9 Å². The average Bonchev–Trinajstić information content (AvgIpc) is 2.67. The van der Waals surface area contributed by atoms with Crippen molar-refractivity contribution in [1.82, 2.24) is 0 Å². The molecule has 0 radical (unpaired) electrons. The molecular formula is C24H47BrO2. The quantitative estimate of drug-likeness (QED) is 0.100. The summed E-state index contributed by atoms with van der Waals surface area (Å²) in [6.45, 7) is 5.18. The summed E-state index contributed by atoms with van der Waals surface area (Å²) < 4.78 is 5.31. The molecule has 3 heteroatoms. The molecule has 0 aromatic carbocycles. The maximum absolute atomic E-state index is 11.7. The van der Waals surface area contributed by atoms with Crippen molar-refractivity contribution in [2.45, 2.75) is 129 Å². The number of esters is 1. The first-order valence-corrected chi connectivity index (χ1v) is 13.1. The Hall–Kier alpha value is -0.0500. The van der Waals surface area contributed by atoms with Crippen molar-refractivity contribution >= 4 is 21.9 Å². The van der Waals surface area contributed by atoms with Crippen LogP contribution in [0.3, 0.4) is 0 Å². The average molecular weight is 448 g/mol. The number of hydrogen-bond acceptors (Lipinski definition) is 2. The molecule has 0 saturated heterocycles. The van der Waals surface area contributed by atoms with Crippen LogP contribution in [-0.2, 0) is 9.53 Å². The molecule has 0 aromatic heterocycles. The minimum atomic E-state index is 0.00419. The lowest BCUT2D eigenvalue weighted by atomic mass is 9.89. The van der Waals surface area contributed by atoms with Gasteiger partial charge in [0.15, 0.2) is 0 Å². The molecule has 0 aliphatic rings. The summed E-state index contributed by atoms with van der Waals surface area (Å²) in [5, 5.41) is 1.04. The molecule has 0 heterocycles. The number of carbonyl (C=O) groups excluding carboxylic acids is 1. The lowest BCUT2D eigenvalue weighted by Crippen LogP contribution is -2.06. The second kappa shape index (κ2) is 22.2. The molecule has 0 bridgehead atoms. The normalized spacial score (nSPS) is 11.3. The highest BCUT2D eigenvalue weighted by atomic mass is 79.9. The molecule has 0 fully saturated rings. The molecule has 0 spiro atoms. The topological polar surface area (TPSA) is 26.3 Å². The van der Waals surface area contributed by atoms with Crippen molar-refractivity contribution in [2.24, 2.45) is 5.92 Å². The molecule has 0 unspecified atom stereocenters. The van der Waals surface area contributed by atoms with Gasteiger partial charge in [0.1, 0.15) is 0 Å². The van der Waals surface area contributed by atoms with Crippen LogP contribution >= 0.6 is 15.9 Å². The smallest absolute Gasteiger partial charge is 0.305 e. The van der Waals surface area contributed by atoms with Gasteiger partial charge in [0.05, 0.1) is 6.61 Å². The van der Waals surface area contributed by atoms with Crippen LogP contribution in [0.5, 0.6) is 0 Å². The first kappa shape index (κ1) is 27.0. The van der Waals surface area contributed by atoms with E-state index in [0.717, 1.165) is 36.9 Å². The second-order valence-corrected chi connectivity index (χ2v) is 8.93. The van der Waals surface area contributed by atoms with E-state index in [-0.39, 0.29) is 5.97 Å². The highest BCUT2D eigenvalue weighted by molar-refractivity contribution is 9.09. The largest absolute Gasteiger partial charge is 0.466 e. The fraction of sp³-hybridized carbons (Fsp3) is 0.958. The summed E-state index contributed by atoms with van der Waals surface area (Å²) >= 11 is 3.42. The molecule has 2 nitrogen and oxygen atoms in total. The lowest BCUT2D eigenvalue weighted by molar-refractivity contribution is -0.143. The maximum atomic E-state index is 11.7.